The molecule has 0 aromatic rings. The van der Waals surface area contributed by atoms with E-state index in [0.29, 0.717) is 51.6 Å². The number of rotatable bonds is 28. The molecule has 13 N–H and O–H groups in total. The van der Waals surface area contributed by atoms with Crippen LogP contribution in [0.25, 0.3) is 0 Å². The van der Waals surface area contributed by atoms with Crippen molar-refractivity contribution in [3.05, 3.63) is 0 Å². The van der Waals surface area contributed by atoms with E-state index >= 15 is 0 Å². The highest BCUT2D eigenvalue weighted by Gasteiger charge is 2.40. The molecule has 22 nitrogen and oxygen atoms in total. The van der Waals surface area contributed by atoms with Crippen LogP contribution in [0.1, 0.15) is 121 Å². The van der Waals surface area contributed by atoms with Gasteiger partial charge in [0.1, 0.15) is 42.3 Å². The van der Waals surface area contributed by atoms with Crippen molar-refractivity contribution >= 4 is 59.1 Å². The number of aliphatic hydroxyl groups excluding tert-OH is 1. The number of carbonyl (C=O) groups is 9. The first-order chi connectivity index (χ1) is 30.5. The summed E-state index contributed by atoms with van der Waals surface area (Å²) in [5, 5.41) is 31.8. The summed E-state index contributed by atoms with van der Waals surface area (Å²) in [5.74, 6) is -7.10. The molecule has 9 amide bonds. The molecule has 65 heavy (non-hydrogen) atoms. The number of likely N-dealkylation sites (tertiary alicyclic amines) is 1. The molecular formula is C43H78N12O10. The quantitative estimate of drug-likeness (QED) is 0.0234. The minimum atomic E-state index is -1.59. The number of nitrogens with two attached hydrogens (primary N) is 2. The molecule has 10 atom stereocenters. The number of guanidine groups is 1. The van der Waals surface area contributed by atoms with Crippen molar-refractivity contribution in [3.63, 3.8) is 0 Å². The summed E-state index contributed by atoms with van der Waals surface area (Å²) in [7, 11) is 0. The molecule has 1 aliphatic rings. The van der Waals surface area contributed by atoms with Gasteiger partial charge in [-0.3, -0.25) is 48.1 Å². The second-order valence-electron chi connectivity index (χ2n) is 17.1. The highest BCUT2D eigenvalue weighted by molar-refractivity contribution is 5.98. The highest BCUT2D eigenvalue weighted by Crippen LogP contribution is 2.21. The lowest BCUT2D eigenvalue weighted by atomic mass is 9.95. The molecule has 370 valence electrons. The van der Waals surface area contributed by atoms with Crippen molar-refractivity contribution in [2.45, 2.75) is 169 Å². The Bertz CT molecular complexity index is 1660. The Labute approximate surface area is 383 Å². The lowest BCUT2D eigenvalue weighted by molar-refractivity contribution is -0.142. The largest absolute Gasteiger partial charge is 0.391 e. The van der Waals surface area contributed by atoms with Gasteiger partial charge < -0.3 is 64.0 Å². The molecule has 1 fully saturated rings. The number of aliphatic imine (C=N–C) groups is 1. The van der Waals surface area contributed by atoms with E-state index in [2.05, 4.69) is 47.5 Å². The third-order valence-electron chi connectivity index (χ3n) is 11.4. The average molecular weight is 923 g/mol. The molecule has 1 heterocycles. The predicted molar refractivity (Wildman–Crippen MR) is 244 cm³/mol. The lowest BCUT2D eigenvalue weighted by Gasteiger charge is -2.32. The van der Waals surface area contributed by atoms with Crippen LogP contribution < -0.4 is 54.0 Å². The molecule has 0 unspecified atom stereocenters. The number of carbonyl (C=O) groups excluding carboxylic acids is 9. The van der Waals surface area contributed by atoms with Gasteiger partial charge in [-0.2, -0.15) is 0 Å². The van der Waals surface area contributed by atoms with Crippen molar-refractivity contribution in [2.24, 2.45) is 34.2 Å². The van der Waals surface area contributed by atoms with Gasteiger partial charge in [0, 0.05) is 26.6 Å². The Morgan fingerprint density at radius 3 is 1.71 bits per heavy atom. The van der Waals surface area contributed by atoms with Crippen LogP contribution >= 0.6 is 0 Å². The maximum absolute atomic E-state index is 14.1. The number of hydrogen-bond acceptors (Lipinski definition) is 11. The molecule has 1 rings (SSSR count). The topological polar surface area (TPSA) is 338 Å². The smallest absolute Gasteiger partial charge is 0.245 e. The summed E-state index contributed by atoms with van der Waals surface area (Å²) in [4.78, 5) is 125. The van der Waals surface area contributed by atoms with Crippen LogP contribution in [-0.4, -0.2) is 144 Å². The van der Waals surface area contributed by atoms with Crippen LogP contribution in [-0.2, 0) is 43.2 Å². The monoisotopic (exact) mass is 923 g/mol. The number of hydrogen-bond donors (Lipinski definition) is 11. The minimum absolute atomic E-state index is 0.102. The first kappa shape index (κ1) is 57.5. The van der Waals surface area contributed by atoms with Gasteiger partial charge in [0.2, 0.25) is 53.2 Å². The lowest BCUT2D eigenvalue weighted by Crippen LogP contribution is -2.63. The van der Waals surface area contributed by atoms with E-state index in [9.17, 15) is 48.3 Å². The molecule has 0 aliphatic carbocycles. The zero-order chi connectivity index (χ0) is 49.6. The van der Waals surface area contributed by atoms with Crippen LogP contribution in [0.5, 0.6) is 0 Å². The van der Waals surface area contributed by atoms with E-state index in [-0.39, 0.29) is 37.8 Å². The van der Waals surface area contributed by atoms with Gasteiger partial charge >= 0.3 is 0 Å². The molecule has 1 aliphatic heterocycles. The maximum atomic E-state index is 14.1. The number of aliphatic hydroxyl groups is 1. The zero-order valence-electron chi connectivity index (χ0n) is 40.0. The third kappa shape index (κ3) is 19.2. The first-order valence-electron chi connectivity index (χ1n) is 22.9. The maximum Gasteiger partial charge on any atom is 0.245 e. The van der Waals surface area contributed by atoms with Crippen LogP contribution in [0.4, 0.5) is 0 Å². The molecule has 0 saturated carbocycles. The molecule has 1 saturated heterocycles. The van der Waals surface area contributed by atoms with Gasteiger partial charge in [0.25, 0.3) is 0 Å². The van der Waals surface area contributed by atoms with Crippen molar-refractivity contribution in [1.29, 1.82) is 0 Å². The predicted octanol–water partition coefficient (Wildman–Crippen LogP) is -1.86. The second kappa shape index (κ2) is 29.1. The number of nitrogens with zero attached hydrogens (tertiary/aromatic N) is 2. The van der Waals surface area contributed by atoms with Gasteiger partial charge in [0.15, 0.2) is 5.96 Å². The second-order valence-corrected chi connectivity index (χ2v) is 17.1. The third-order valence-corrected chi connectivity index (χ3v) is 11.4. The standard InChI is InChI=1S/C43H78N12O10/c1-11-17-28(49-41(64)35(26(9)56)54-40(63)34(25(8)13-3)53-38(61)32(23(5)6)51-31(58)22-48-27(10)57)36(59)52-33(24(7)12-2)39(62)50-29(18-15-20-47-43(44)45)42(65)55-21-16-19-30(55)37(60)46-14-4/h23-26,28-30,32-35,56H,11-22H2,1-10H3,(H,46,60)(H,48,57)(H,49,64)(H,50,62)(H,51,58)(H,52,59)(H,53,61)(H,54,63)(H4,44,45,47)/t24-,25+,26+,28-,29-,30-,32-,33-,34+,35-/m0/s1. The summed E-state index contributed by atoms with van der Waals surface area (Å²) in [6.45, 7) is 17.0. The van der Waals surface area contributed by atoms with Crippen LogP contribution in [0.15, 0.2) is 4.99 Å². The fourth-order valence-electron chi connectivity index (χ4n) is 7.15. The van der Waals surface area contributed by atoms with Gasteiger partial charge in [-0.25, -0.2) is 0 Å². The van der Waals surface area contributed by atoms with Gasteiger partial charge in [-0.15, -0.1) is 0 Å². The number of nitrogens with one attached hydrogen (secondary N) is 8. The number of amides is 9. The van der Waals surface area contributed by atoms with Gasteiger partial charge in [-0.05, 0) is 63.7 Å². The van der Waals surface area contributed by atoms with E-state index in [1.54, 1.807) is 48.5 Å². The molecule has 0 bridgehead atoms. The van der Waals surface area contributed by atoms with E-state index in [1.807, 2.05) is 6.92 Å². The SMILES string of the molecule is CCC[C@H](NC(=O)[C@@H](NC(=O)[C@H](NC(=O)[C@@H](NC(=O)CNC(C)=O)C(C)C)[C@H](C)CC)[C@@H](C)O)C(=O)N[C@H](C(=O)N[C@@H](CCCN=C(N)N)C(=O)N1CCC[C@H]1C(=O)NCC)[C@@H](C)CC. The normalized spacial score (nSPS) is 17.6. The van der Waals surface area contributed by atoms with Crippen LogP contribution in [0, 0.1) is 17.8 Å². The van der Waals surface area contributed by atoms with Crippen molar-refractivity contribution in [2.75, 3.05) is 26.2 Å². The van der Waals surface area contributed by atoms with E-state index in [1.165, 1.54) is 18.7 Å². The van der Waals surface area contributed by atoms with Crippen LogP contribution in [0.3, 0.4) is 0 Å². The Morgan fingerprint density at radius 2 is 1.20 bits per heavy atom. The average Bonchev–Trinajstić information content (AvgIpc) is 3.75. The Hall–Kier alpha value is -5.54. The van der Waals surface area contributed by atoms with E-state index < -0.39 is 113 Å². The summed E-state index contributed by atoms with van der Waals surface area (Å²) in [6.07, 6.45) is 1.36. The molecular weight excluding hydrogens is 845 g/mol. The van der Waals surface area contributed by atoms with Crippen LogP contribution in [0.2, 0.25) is 0 Å². The minimum Gasteiger partial charge on any atom is -0.391 e. The fourth-order valence-corrected chi connectivity index (χ4v) is 7.15. The molecule has 22 heteroatoms. The van der Waals surface area contributed by atoms with Gasteiger partial charge in [-0.1, -0.05) is 67.7 Å². The summed E-state index contributed by atoms with van der Waals surface area (Å²) in [5.41, 5.74) is 11.0. The molecule has 0 spiro atoms. The van der Waals surface area contributed by atoms with E-state index in [4.69, 9.17) is 11.5 Å². The Kier molecular flexibility index (Phi) is 25.7. The Morgan fingerprint density at radius 1 is 0.677 bits per heavy atom. The van der Waals surface area contributed by atoms with Crippen molar-refractivity contribution in [1.82, 2.24) is 47.4 Å². The Balaban J connectivity index is 3.34. The van der Waals surface area contributed by atoms with Gasteiger partial charge in [0.05, 0.1) is 12.6 Å². The fraction of sp³-hybridized carbons (Fsp3) is 0.767. The number of likely N-dealkylation sites (N-methyl/N-ethyl adjacent to an activating group) is 1. The highest BCUT2D eigenvalue weighted by atomic mass is 16.3. The molecule has 0 aromatic heterocycles. The zero-order valence-corrected chi connectivity index (χ0v) is 40.0. The molecule has 0 aromatic carbocycles. The summed E-state index contributed by atoms with van der Waals surface area (Å²) >= 11 is 0. The summed E-state index contributed by atoms with van der Waals surface area (Å²) in [6, 6.07) is -8.10. The first-order valence-corrected chi connectivity index (χ1v) is 22.9. The molecule has 0 radical (unpaired) electrons. The summed E-state index contributed by atoms with van der Waals surface area (Å²) < 4.78 is 0. The van der Waals surface area contributed by atoms with Crippen molar-refractivity contribution in [3.8, 4) is 0 Å². The van der Waals surface area contributed by atoms with E-state index in [0.717, 1.165) is 0 Å². The van der Waals surface area contributed by atoms with Crippen molar-refractivity contribution < 1.29 is 48.3 Å².